The lowest BCUT2D eigenvalue weighted by atomic mass is 9.80. The second-order valence-corrected chi connectivity index (χ2v) is 4.86. The molecule has 94 valence electrons. The first-order valence-electron chi connectivity index (χ1n) is 5.84. The van der Waals surface area contributed by atoms with Gasteiger partial charge in [-0.15, -0.1) is 0 Å². The molecular weight excluding hydrogens is 220 g/mol. The average Bonchev–Trinajstić information content (AvgIpc) is 2.58. The molecule has 0 amide bonds. The van der Waals surface area contributed by atoms with Crippen LogP contribution in [0.4, 0.5) is 0 Å². The zero-order valence-corrected chi connectivity index (χ0v) is 10.2. The van der Waals surface area contributed by atoms with E-state index in [1.165, 1.54) is 0 Å². The van der Waals surface area contributed by atoms with Crippen molar-refractivity contribution < 1.29 is 9.90 Å². The molecule has 0 bridgehead atoms. The van der Waals surface area contributed by atoms with Gasteiger partial charge in [-0.2, -0.15) is 5.10 Å². The highest BCUT2D eigenvalue weighted by atomic mass is 16.4. The molecule has 2 unspecified atom stereocenters. The molecule has 1 saturated carbocycles. The van der Waals surface area contributed by atoms with Crippen LogP contribution in [-0.4, -0.2) is 31.4 Å². The summed E-state index contributed by atoms with van der Waals surface area (Å²) in [6.07, 6.45) is 2.68. The number of hydrogen-bond donors (Lipinski definition) is 2. The van der Waals surface area contributed by atoms with Crippen molar-refractivity contribution in [3.8, 4) is 0 Å². The van der Waals surface area contributed by atoms with Gasteiger partial charge in [-0.1, -0.05) is 0 Å². The summed E-state index contributed by atoms with van der Waals surface area (Å²) in [7, 11) is 0. The number of aryl methyl sites for hydroxylation is 2. The maximum atomic E-state index is 11.2. The van der Waals surface area contributed by atoms with Crippen LogP contribution < -0.4 is 5.73 Å². The number of nitrogens with two attached hydrogens (primary N) is 1. The molecule has 17 heavy (non-hydrogen) atoms. The van der Waals surface area contributed by atoms with Crippen LogP contribution in [0.3, 0.4) is 0 Å². The maximum absolute atomic E-state index is 11.2. The summed E-state index contributed by atoms with van der Waals surface area (Å²) in [4.78, 5) is 15.4. The van der Waals surface area contributed by atoms with Crippen molar-refractivity contribution in [2.75, 3.05) is 0 Å². The minimum absolute atomic E-state index is 0.0473. The van der Waals surface area contributed by atoms with Crippen molar-refractivity contribution in [3.63, 3.8) is 0 Å². The van der Waals surface area contributed by atoms with Crippen molar-refractivity contribution in [1.29, 1.82) is 0 Å². The molecule has 2 atom stereocenters. The van der Waals surface area contributed by atoms with Crippen molar-refractivity contribution in [2.45, 2.75) is 51.1 Å². The fraction of sp³-hybridized carbons (Fsp3) is 0.727. The maximum Gasteiger partial charge on any atom is 0.323 e. The summed E-state index contributed by atoms with van der Waals surface area (Å²) in [5, 5.41) is 13.5. The number of aliphatic carboxylic acids is 1. The molecule has 0 saturated heterocycles. The number of rotatable bonds is 2. The monoisotopic (exact) mass is 238 g/mol. The van der Waals surface area contributed by atoms with Crippen LogP contribution in [-0.2, 0) is 4.79 Å². The lowest BCUT2D eigenvalue weighted by Crippen LogP contribution is -2.51. The van der Waals surface area contributed by atoms with E-state index < -0.39 is 11.5 Å². The van der Waals surface area contributed by atoms with E-state index in [4.69, 9.17) is 10.8 Å². The van der Waals surface area contributed by atoms with Crippen LogP contribution in [0.5, 0.6) is 0 Å². The van der Waals surface area contributed by atoms with E-state index in [2.05, 4.69) is 10.1 Å². The third-order valence-electron chi connectivity index (χ3n) is 3.44. The molecule has 0 aliphatic heterocycles. The normalized spacial score (nSPS) is 29.2. The van der Waals surface area contributed by atoms with Crippen molar-refractivity contribution >= 4 is 5.97 Å². The Morgan fingerprint density at radius 2 is 2.29 bits per heavy atom. The van der Waals surface area contributed by atoms with Crippen molar-refractivity contribution in [3.05, 3.63) is 11.6 Å². The Bertz CT molecular complexity index is 443. The lowest BCUT2D eigenvalue weighted by molar-refractivity contribution is -0.145. The highest BCUT2D eigenvalue weighted by molar-refractivity contribution is 5.78. The van der Waals surface area contributed by atoms with Crippen molar-refractivity contribution in [2.24, 2.45) is 5.73 Å². The fourth-order valence-corrected chi connectivity index (χ4v) is 2.56. The molecule has 1 aliphatic rings. The molecule has 1 aromatic heterocycles. The van der Waals surface area contributed by atoms with E-state index in [-0.39, 0.29) is 6.04 Å². The van der Waals surface area contributed by atoms with Crippen LogP contribution in [0.1, 0.15) is 43.4 Å². The lowest BCUT2D eigenvalue weighted by Gasteiger charge is -2.34. The Hall–Kier alpha value is -1.43. The topological polar surface area (TPSA) is 94.0 Å². The highest BCUT2D eigenvalue weighted by Gasteiger charge is 2.40. The van der Waals surface area contributed by atoms with Gasteiger partial charge in [0.15, 0.2) is 0 Å². The standard InChI is InChI=1S/C11H18N4O2/c1-7-13-8(2)15(14-7)9-4-3-5-11(12,6-9)10(16)17/h9H,3-6,12H2,1-2H3,(H,16,17). The highest BCUT2D eigenvalue weighted by Crippen LogP contribution is 2.34. The Morgan fingerprint density at radius 3 is 2.82 bits per heavy atom. The Kier molecular flexibility index (Phi) is 2.91. The first-order chi connectivity index (χ1) is 7.92. The third-order valence-corrected chi connectivity index (χ3v) is 3.44. The van der Waals surface area contributed by atoms with Gasteiger partial charge in [0, 0.05) is 0 Å². The number of nitrogens with zero attached hydrogens (tertiary/aromatic N) is 3. The molecule has 1 aromatic rings. The molecule has 0 spiro atoms. The summed E-state index contributed by atoms with van der Waals surface area (Å²) in [5.41, 5.74) is 4.81. The molecule has 0 aromatic carbocycles. The number of carboxylic acids is 1. The quantitative estimate of drug-likeness (QED) is 0.794. The summed E-state index contributed by atoms with van der Waals surface area (Å²) in [6, 6.07) is 0.0473. The first-order valence-corrected chi connectivity index (χ1v) is 5.84. The van der Waals surface area contributed by atoms with Gasteiger partial charge in [0.25, 0.3) is 0 Å². The van der Waals surface area contributed by atoms with Gasteiger partial charge in [0.05, 0.1) is 6.04 Å². The number of carbonyl (C=O) groups is 1. The molecule has 1 fully saturated rings. The Balaban J connectivity index is 2.23. The molecular formula is C11H18N4O2. The van der Waals surface area contributed by atoms with E-state index in [0.29, 0.717) is 18.7 Å². The van der Waals surface area contributed by atoms with E-state index >= 15 is 0 Å². The minimum atomic E-state index is -1.12. The van der Waals surface area contributed by atoms with Crippen LogP contribution in [0, 0.1) is 13.8 Å². The van der Waals surface area contributed by atoms with Gasteiger partial charge < -0.3 is 10.8 Å². The van der Waals surface area contributed by atoms with Crippen LogP contribution in [0.2, 0.25) is 0 Å². The van der Waals surface area contributed by atoms with Crippen LogP contribution in [0.15, 0.2) is 0 Å². The molecule has 6 heteroatoms. The summed E-state index contributed by atoms with van der Waals surface area (Å²) >= 11 is 0. The summed E-state index contributed by atoms with van der Waals surface area (Å²) in [6.45, 7) is 3.72. The Morgan fingerprint density at radius 1 is 1.59 bits per heavy atom. The van der Waals surface area contributed by atoms with E-state index in [9.17, 15) is 4.79 Å². The van der Waals surface area contributed by atoms with Gasteiger partial charge in [-0.3, -0.25) is 4.79 Å². The molecule has 3 N–H and O–H groups in total. The molecule has 6 nitrogen and oxygen atoms in total. The largest absolute Gasteiger partial charge is 0.480 e. The minimum Gasteiger partial charge on any atom is -0.480 e. The second kappa shape index (κ2) is 4.10. The zero-order valence-electron chi connectivity index (χ0n) is 10.2. The fourth-order valence-electron chi connectivity index (χ4n) is 2.56. The summed E-state index contributed by atoms with van der Waals surface area (Å²) in [5.74, 6) is 0.616. The SMILES string of the molecule is Cc1nc(C)n(C2CCCC(N)(C(=O)O)C2)n1. The number of hydrogen-bond acceptors (Lipinski definition) is 4. The van der Waals surface area contributed by atoms with Crippen LogP contribution in [0.25, 0.3) is 0 Å². The molecule has 0 radical (unpaired) electrons. The van der Waals surface area contributed by atoms with Gasteiger partial charge >= 0.3 is 5.97 Å². The zero-order chi connectivity index (χ0) is 12.6. The first kappa shape index (κ1) is 12.0. The number of carboxylic acid groups (broad SMARTS) is 1. The van der Waals surface area contributed by atoms with Gasteiger partial charge in [0.2, 0.25) is 0 Å². The van der Waals surface area contributed by atoms with E-state index in [0.717, 1.165) is 18.7 Å². The smallest absolute Gasteiger partial charge is 0.323 e. The van der Waals surface area contributed by atoms with Crippen LogP contribution >= 0.6 is 0 Å². The molecule has 2 rings (SSSR count). The van der Waals surface area contributed by atoms with Gasteiger partial charge in [-0.25, -0.2) is 9.67 Å². The second-order valence-electron chi connectivity index (χ2n) is 4.86. The Labute approximate surface area is 99.8 Å². The third kappa shape index (κ3) is 2.17. The van der Waals surface area contributed by atoms with Gasteiger partial charge in [0.1, 0.15) is 17.2 Å². The van der Waals surface area contributed by atoms with Crippen molar-refractivity contribution in [1.82, 2.24) is 14.8 Å². The van der Waals surface area contributed by atoms with Gasteiger partial charge in [-0.05, 0) is 39.5 Å². The summed E-state index contributed by atoms with van der Waals surface area (Å²) < 4.78 is 1.82. The predicted molar refractivity (Wildman–Crippen MR) is 61.6 cm³/mol. The molecule has 1 aliphatic carbocycles. The predicted octanol–water partition coefficient (Wildman–Crippen LogP) is 0.792. The molecule has 1 heterocycles. The van der Waals surface area contributed by atoms with E-state index in [1.807, 2.05) is 18.5 Å². The van der Waals surface area contributed by atoms with E-state index in [1.54, 1.807) is 0 Å². The number of aromatic nitrogens is 3. The average molecular weight is 238 g/mol.